The number of nitrogens with zero attached hydrogens (tertiary/aromatic N) is 1. The topological polar surface area (TPSA) is 372 Å². The molecule has 0 bridgehead atoms. The number of carbonyl (C=O) groups is 9. The molecule has 0 aliphatic carbocycles. The number of primary amides is 1. The van der Waals surface area contributed by atoms with E-state index in [2.05, 4.69) is 57.5 Å². The third-order valence-electron chi connectivity index (χ3n) is 12.4. The van der Waals surface area contributed by atoms with E-state index in [-0.39, 0.29) is 50.5 Å². The van der Waals surface area contributed by atoms with Crippen LogP contribution in [0.2, 0.25) is 0 Å². The SMILES string of the molecule is CC(C)C[C@H](N)/C=C/NC(=O)[C@H](CC(C)C)NC(=O)[C@H](Cc1cnc[nH]1)NC(=O)CNC(=O)[C@@H](NC(=O)[C@H](C)NC(=O)[C@H](Cc1c[nH]c2ccccc12)NC(=O)[C@H](CCC(N)=O)NC(=O)[C@H](N)Cc1ccccc1)C(C)C. The van der Waals surface area contributed by atoms with Gasteiger partial charge in [0.1, 0.15) is 36.3 Å². The molecule has 0 fully saturated rings. The number of benzene rings is 2. The number of hydrogen-bond acceptors (Lipinski definition) is 12. The van der Waals surface area contributed by atoms with Crippen LogP contribution in [-0.2, 0) is 62.4 Å². The molecule has 0 radical (unpaired) electrons. The minimum atomic E-state index is -1.34. The molecular formula is C54H78N14O9. The summed E-state index contributed by atoms with van der Waals surface area (Å²) in [5.41, 5.74) is 20.5. The molecule has 2 aromatic heterocycles. The predicted octanol–water partition coefficient (Wildman–Crippen LogP) is 0.262. The lowest BCUT2D eigenvalue weighted by Crippen LogP contribution is -2.59. The van der Waals surface area contributed by atoms with E-state index in [1.165, 1.54) is 25.6 Å². The number of aromatic nitrogens is 3. The molecule has 16 N–H and O–H groups in total. The molecule has 0 aliphatic rings. The van der Waals surface area contributed by atoms with Crippen molar-refractivity contribution in [1.82, 2.24) is 57.5 Å². The van der Waals surface area contributed by atoms with Crippen molar-refractivity contribution < 1.29 is 43.2 Å². The highest BCUT2D eigenvalue weighted by Crippen LogP contribution is 2.20. The van der Waals surface area contributed by atoms with Crippen LogP contribution in [0.25, 0.3) is 10.9 Å². The Morgan fingerprint density at radius 2 is 1.25 bits per heavy atom. The summed E-state index contributed by atoms with van der Waals surface area (Å²) in [7, 11) is 0. The number of amides is 9. The molecule has 4 aromatic rings. The molecule has 4 rings (SSSR count). The Labute approximate surface area is 449 Å². The van der Waals surface area contributed by atoms with Crippen LogP contribution in [0.15, 0.2) is 85.6 Å². The van der Waals surface area contributed by atoms with Gasteiger partial charge in [0.05, 0.1) is 18.9 Å². The van der Waals surface area contributed by atoms with E-state index in [1.54, 1.807) is 56.5 Å². The molecule has 418 valence electrons. The lowest BCUT2D eigenvalue weighted by molar-refractivity contribution is -0.135. The van der Waals surface area contributed by atoms with Gasteiger partial charge in [0.15, 0.2) is 0 Å². The lowest BCUT2D eigenvalue weighted by atomic mass is 10.0. The fourth-order valence-electron chi connectivity index (χ4n) is 8.29. The number of H-pyrrole nitrogens is 2. The Morgan fingerprint density at radius 1 is 0.623 bits per heavy atom. The van der Waals surface area contributed by atoms with Gasteiger partial charge in [0.25, 0.3) is 0 Å². The minimum absolute atomic E-state index is 0.00118. The maximum Gasteiger partial charge on any atom is 0.246 e. The molecule has 0 unspecified atom stereocenters. The number of fused-ring (bicyclic) bond motifs is 1. The van der Waals surface area contributed by atoms with Crippen molar-refractivity contribution in [3.63, 3.8) is 0 Å². The molecule has 9 amide bonds. The average Bonchev–Trinajstić information content (AvgIpc) is 4.05. The maximum absolute atomic E-state index is 14.2. The van der Waals surface area contributed by atoms with Crippen LogP contribution in [0.3, 0.4) is 0 Å². The standard InChI is InChI=1S/C54H78N14O9/c1-30(2)21-36(55)19-20-59-50(73)42(22-31(3)4)66-53(76)44(25-37-27-58-29-62-37)64-46(70)28-61-54(77)47(32(5)6)68-48(71)33(7)63-52(75)43(24-35-26-60-40-16-12-11-15-38(35)40)67-51(74)41(17-18-45(57)69)65-49(72)39(56)23-34-13-9-8-10-14-34/h8-16,19-20,26-27,29-33,36,39,41-44,47,60H,17-18,21-25,28,55-56H2,1-7H3,(H2,57,69)(H,58,62)(H,59,73)(H,61,77)(H,63,75)(H,64,70)(H,65,72)(H,66,76)(H,67,74)(H,68,71)/b20-19+/t33-,36+,39+,41-,42-,43-,44-,47-/m0/s1. The maximum atomic E-state index is 14.2. The first-order chi connectivity index (χ1) is 36.5. The second kappa shape index (κ2) is 30.6. The molecule has 0 saturated carbocycles. The van der Waals surface area contributed by atoms with Crippen LogP contribution < -0.4 is 59.7 Å². The summed E-state index contributed by atoms with van der Waals surface area (Å²) in [5.74, 6) is -6.62. The van der Waals surface area contributed by atoms with E-state index in [1.807, 2.05) is 52.0 Å². The van der Waals surface area contributed by atoms with Crippen molar-refractivity contribution >= 4 is 64.1 Å². The van der Waals surface area contributed by atoms with Gasteiger partial charge in [0, 0.05) is 60.5 Å². The molecule has 2 heterocycles. The van der Waals surface area contributed by atoms with Gasteiger partial charge in [-0.15, -0.1) is 0 Å². The van der Waals surface area contributed by atoms with Gasteiger partial charge >= 0.3 is 0 Å². The molecule has 23 nitrogen and oxygen atoms in total. The third kappa shape index (κ3) is 21.0. The molecule has 0 spiro atoms. The van der Waals surface area contributed by atoms with Crippen LogP contribution >= 0.6 is 0 Å². The minimum Gasteiger partial charge on any atom is -0.370 e. The fourth-order valence-corrected chi connectivity index (χ4v) is 8.29. The monoisotopic (exact) mass is 1070 g/mol. The Bertz CT molecular complexity index is 2640. The Kier molecular flexibility index (Phi) is 24.5. The van der Waals surface area contributed by atoms with E-state index >= 15 is 0 Å². The van der Waals surface area contributed by atoms with E-state index in [4.69, 9.17) is 17.2 Å². The number of nitrogens with one attached hydrogen (secondary N) is 10. The van der Waals surface area contributed by atoms with Crippen LogP contribution in [0.5, 0.6) is 0 Å². The molecule has 0 saturated heterocycles. The number of aromatic amines is 2. The summed E-state index contributed by atoms with van der Waals surface area (Å²) >= 11 is 0. The van der Waals surface area contributed by atoms with Crippen molar-refractivity contribution in [2.75, 3.05) is 6.54 Å². The zero-order valence-electron chi connectivity index (χ0n) is 44.9. The zero-order chi connectivity index (χ0) is 56.8. The molecule has 8 atom stereocenters. The second-order valence-corrected chi connectivity index (χ2v) is 20.4. The normalized spacial score (nSPS) is 14.6. The smallest absolute Gasteiger partial charge is 0.246 e. The number of rotatable bonds is 31. The quantitative estimate of drug-likeness (QED) is 0.0323. The first kappa shape index (κ1) is 61.6. The number of hydrogen-bond donors (Lipinski definition) is 13. The number of para-hydroxylation sites is 1. The number of nitrogens with two attached hydrogens (primary N) is 3. The Hall–Kier alpha value is -7.92. The van der Waals surface area contributed by atoms with Gasteiger partial charge in [-0.3, -0.25) is 43.2 Å². The highest BCUT2D eigenvalue weighted by Gasteiger charge is 2.33. The summed E-state index contributed by atoms with van der Waals surface area (Å²) in [6, 6.07) is 7.58. The lowest BCUT2D eigenvalue weighted by Gasteiger charge is -2.26. The predicted molar refractivity (Wildman–Crippen MR) is 290 cm³/mol. The summed E-state index contributed by atoms with van der Waals surface area (Å²) in [6.45, 7) is 11.9. The highest BCUT2D eigenvalue weighted by atomic mass is 16.2. The van der Waals surface area contributed by atoms with Gasteiger partial charge < -0.3 is 69.7 Å². The second-order valence-electron chi connectivity index (χ2n) is 20.4. The van der Waals surface area contributed by atoms with E-state index in [0.717, 1.165) is 16.5 Å². The van der Waals surface area contributed by atoms with Gasteiger partial charge in [0.2, 0.25) is 53.2 Å². The number of carbonyl (C=O) groups excluding carboxylic acids is 9. The summed E-state index contributed by atoms with van der Waals surface area (Å²) in [4.78, 5) is 131. The molecular weight excluding hydrogens is 989 g/mol. The molecule has 23 heteroatoms. The van der Waals surface area contributed by atoms with Gasteiger partial charge in [-0.2, -0.15) is 0 Å². The van der Waals surface area contributed by atoms with Crippen molar-refractivity contribution in [1.29, 1.82) is 0 Å². The number of imidazole rings is 1. The Balaban J connectivity index is 1.44. The van der Waals surface area contributed by atoms with Crippen molar-refractivity contribution in [2.24, 2.45) is 35.0 Å². The van der Waals surface area contributed by atoms with Gasteiger partial charge in [-0.05, 0) is 67.6 Å². The summed E-state index contributed by atoms with van der Waals surface area (Å²) in [6.07, 6.45) is 8.24. The van der Waals surface area contributed by atoms with Crippen molar-refractivity contribution in [2.45, 2.75) is 142 Å². The molecule has 0 aliphatic heterocycles. The largest absolute Gasteiger partial charge is 0.370 e. The highest BCUT2D eigenvalue weighted by molar-refractivity contribution is 5.98. The Morgan fingerprint density at radius 3 is 1.90 bits per heavy atom. The van der Waals surface area contributed by atoms with E-state index < -0.39 is 108 Å². The fraction of sp³-hybridized carbons (Fsp3) is 0.481. The van der Waals surface area contributed by atoms with E-state index in [9.17, 15) is 43.2 Å². The van der Waals surface area contributed by atoms with E-state index in [0.29, 0.717) is 23.6 Å². The zero-order valence-corrected chi connectivity index (χ0v) is 44.9. The first-order valence-electron chi connectivity index (χ1n) is 25.9. The van der Waals surface area contributed by atoms with Crippen LogP contribution in [0.1, 0.15) is 91.0 Å². The van der Waals surface area contributed by atoms with Gasteiger partial charge in [-0.25, -0.2) is 4.98 Å². The summed E-state index contributed by atoms with van der Waals surface area (Å²) < 4.78 is 0. The van der Waals surface area contributed by atoms with Crippen LogP contribution in [0, 0.1) is 17.8 Å². The van der Waals surface area contributed by atoms with Crippen molar-refractivity contribution in [3.05, 3.63) is 102 Å². The van der Waals surface area contributed by atoms with Gasteiger partial charge in [-0.1, -0.05) is 96.1 Å². The third-order valence-corrected chi connectivity index (χ3v) is 12.4. The van der Waals surface area contributed by atoms with Crippen LogP contribution in [0.4, 0.5) is 0 Å². The van der Waals surface area contributed by atoms with Crippen LogP contribution in [-0.4, -0.2) is 123 Å². The van der Waals surface area contributed by atoms with Crippen molar-refractivity contribution in [3.8, 4) is 0 Å². The first-order valence-corrected chi connectivity index (χ1v) is 25.9. The summed E-state index contributed by atoms with van der Waals surface area (Å²) in [5, 5.41) is 21.9. The average molecular weight is 1070 g/mol. The molecule has 77 heavy (non-hydrogen) atoms. The molecule has 2 aromatic carbocycles.